The van der Waals surface area contributed by atoms with E-state index in [9.17, 15) is 19.8 Å². The number of nitrogens with one attached hydrogen (secondary N) is 1. The van der Waals surface area contributed by atoms with Crippen molar-refractivity contribution in [3.8, 4) is 0 Å². The Hall–Kier alpha value is -1.92. The summed E-state index contributed by atoms with van der Waals surface area (Å²) < 4.78 is 5.47. The average molecular weight is 1100 g/mol. The van der Waals surface area contributed by atoms with Crippen molar-refractivity contribution in [2.75, 3.05) is 13.2 Å². The number of carbonyl (C=O) groups excluding carboxylic acids is 2. The number of ether oxygens (including phenoxy) is 1. The molecule has 460 valence electrons. The third-order valence-corrected chi connectivity index (χ3v) is 16.4. The molecule has 0 aliphatic rings. The van der Waals surface area contributed by atoms with Gasteiger partial charge in [0, 0.05) is 12.8 Å². The minimum absolute atomic E-state index is 0.00567. The molecule has 0 saturated heterocycles. The fourth-order valence-corrected chi connectivity index (χ4v) is 11.0. The molecule has 2 unspecified atom stereocenters. The van der Waals surface area contributed by atoms with Crippen LogP contribution in [0.3, 0.4) is 0 Å². The minimum Gasteiger partial charge on any atom is -0.466 e. The van der Waals surface area contributed by atoms with Gasteiger partial charge in [0.25, 0.3) is 0 Å². The predicted molar refractivity (Wildman–Crippen MR) is 343 cm³/mol. The molecule has 0 aliphatic carbocycles. The van der Waals surface area contributed by atoms with E-state index in [0.717, 1.165) is 44.9 Å². The van der Waals surface area contributed by atoms with Crippen LogP contribution in [0.15, 0.2) is 36.5 Å². The highest BCUT2D eigenvalue weighted by Crippen LogP contribution is 2.18. The Morgan fingerprint density at radius 3 is 0.936 bits per heavy atom. The summed E-state index contributed by atoms with van der Waals surface area (Å²) in [7, 11) is 0. The quantitative estimate of drug-likeness (QED) is 0.0320. The van der Waals surface area contributed by atoms with Crippen LogP contribution in [0.4, 0.5) is 0 Å². The molecule has 1 amide bonds. The van der Waals surface area contributed by atoms with Gasteiger partial charge in [-0.3, -0.25) is 9.59 Å². The Bertz CT molecular complexity index is 1260. The maximum Gasteiger partial charge on any atom is 0.305 e. The molecule has 0 aromatic rings. The Labute approximate surface area is 487 Å². The number of hydrogen-bond acceptors (Lipinski definition) is 5. The van der Waals surface area contributed by atoms with E-state index in [2.05, 4.69) is 43.5 Å². The van der Waals surface area contributed by atoms with E-state index in [4.69, 9.17) is 4.74 Å². The van der Waals surface area contributed by atoms with Gasteiger partial charge in [-0.2, -0.15) is 0 Å². The summed E-state index contributed by atoms with van der Waals surface area (Å²) in [5.74, 6) is -0.0587. The molecule has 6 nitrogen and oxygen atoms in total. The second-order valence-electron chi connectivity index (χ2n) is 24.2. The zero-order valence-electron chi connectivity index (χ0n) is 52.7. The molecule has 0 rings (SSSR count). The van der Waals surface area contributed by atoms with E-state index in [1.807, 2.05) is 6.08 Å². The van der Waals surface area contributed by atoms with Gasteiger partial charge in [-0.05, 0) is 83.5 Å². The van der Waals surface area contributed by atoms with Crippen LogP contribution in [0.25, 0.3) is 0 Å². The fourth-order valence-electron chi connectivity index (χ4n) is 11.0. The first-order valence-corrected chi connectivity index (χ1v) is 35.3. The van der Waals surface area contributed by atoms with Crippen LogP contribution in [0, 0.1) is 0 Å². The molecule has 0 radical (unpaired) electrons. The number of aliphatic hydroxyl groups is 2. The van der Waals surface area contributed by atoms with Gasteiger partial charge >= 0.3 is 5.97 Å². The first kappa shape index (κ1) is 76.1. The lowest BCUT2D eigenvalue weighted by molar-refractivity contribution is -0.143. The van der Waals surface area contributed by atoms with Gasteiger partial charge < -0.3 is 20.3 Å². The first-order valence-electron chi connectivity index (χ1n) is 35.3. The molecule has 2 atom stereocenters. The molecular formula is C72H137NO5. The Kier molecular flexibility index (Phi) is 65.9. The van der Waals surface area contributed by atoms with E-state index in [0.29, 0.717) is 19.4 Å². The lowest BCUT2D eigenvalue weighted by Crippen LogP contribution is -2.45. The largest absolute Gasteiger partial charge is 0.466 e. The summed E-state index contributed by atoms with van der Waals surface area (Å²) in [5.41, 5.74) is 0. The molecule has 0 aromatic carbocycles. The van der Waals surface area contributed by atoms with Crippen LogP contribution < -0.4 is 5.32 Å². The predicted octanol–water partition coefficient (Wildman–Crippen LogP) is 22.7. The molecule has 0 aromatic heterocycles. The third kappa shape index (κ3) is 63.3. The number of aliphatic hydroxyl groups excluding tert-OH is 2. The van der Waals surface area contributed by atoms with Crippen LogP contribution in [0.2, 0.25) is 0 Å². The second-order valence-corrected chi connectivity index (χ2v) is 24.2. The van der Waals surface area contributed by atoms with Gasteiger partial charge in [0.2, 0.25) is 5.91 Å². The van der Waals surface area contributed by atoms with E-state index in [-0.39, 0.29) is 18.5 Å². The maximum atomic E-state index is 12.5. The molecule has 0 bridgehead atoms. The smallest absolute Gasteiger partial charge is 0.305 e. The summed E-state index contributed by atoms with van der Waals surface area (Å²) >= 11 is 0. The van der Waals surface area contributed by atoms with Crippen molar-refractivity contribution in [1.82, 2.24) is 5.32 Å². The topological polar surface area (TPSA) is 95.9 Å². The lowest BCUT2D eigenvalue weighted by Gasteiger charge is -2.20. The fraction of sp³-hybridized carbons (Fsp3) is 0.889. The zero-order valence-corrected chi connectivity index (χ0v) is 52.7. The standard InChI is InChI=1S/C72H137NO5/c1-3-5-7-9-11-13-15-17-18-19-20-29-32-35-38-41-44-48-52-56-60-64-70(75)69(68-74)73-71(76)65-61-57-53-49-45-42-39-36-33-30-27-25-23-21-22-24-26-28-31-34-37-40-43-47-51-55-59-63-67-78-72(77)66-62-58-54-50-46-16-14-12-10-8-6-4-2/h12,14,21-22,60,64,69-70,74-75H,3-11,13,15-20,23-59,61-63,65-68H2,1-2H3,(H,73,76)/b14-12-,22-21-,64-60+. The maximum absolute atomic E-state index is 12.5. The normalized spacial score (nSPS) is 12.7. The number of esters is 1. The van der Waals surface area contributed by atoms with Crippen molar-refractivity contribution < 1.29 is 24.5 Å². The number of hydrogen-bond donors (Lipinski definition) is 3. The van der Waals surface area contributed by atoms with E-state index in [1.165, 1.54) is 315 Å². The van der Waals surface area contributed by atoms with Crippen molar-refractivity contribution in [2.24, 2.45) is 0 Å². The van der Waals surface area contributed by atoms with Gasteiger partial charge in [0.1, 0.15) is 0 Å². The molecule has 0 aliphatic heterocycles. The highest BCUT2D eigenvalue weighted by Gasteiger charge is 2.18. The summed E-state index contributed by atoms with van der Waals surface area (Å²) in [6, 6.07) is -0.629. The molecular weight excluding hydrogens is 959 g/mol. The van der Waals surface area contributed by atoms with Crippen LogP contribution in [0.1, 0.15) is 386 Å². The van der Waals surface area contributed by atoms with Gasteiger partial charge in [-0.25, -0.2) is 0 Å². The van der Waals surface area contributed by atoms with Crippen molar-refractivity contribution in [1.29, 1.82) is 0 Å². The zero-order chi connectivity index (χ0) is 56.4. The van der Waals surface area contributed by atoms with Gasteiger partial charge in [0.15, 0.2) is 0 Å². The van der Waals surface area contributed by atoms with Crippen LogP contribution >= 0.6 is 0 Å². The summed E-state index contributed by atoms with van der Waals surface area (Å²) in [4.78, 5) is 24.5. The van der Waals surface area contributed by atoms with Crippen molar-refractivity contribution >= 4 is 11.9 Å². The number of rotatable bonds is 66. The highest BCUT2D eigenvalue weighted by atomic mass is 16.5. The van der Waals surface area contributed by atoms with E-state index < -0.39 is 12.1 Å². The molecule has 78 heavy (non-hydrogen) atoms. The highest BCUT2D eigenvalue weighted by molar-refractivity contribution is 5.76. The molecule has 0 saturated carbocycles. The van der Waals surface area contributed by atoms with Crippen molar-refractivity contribution in [3.63, 3.8) is 0 Å². The van der Waals surface area contributed by atoms with Crippen LogP contribution in [-0.4, -0.2) is 47.4 Å². The second kappa shape index (κ2) is 67.6. The van der Waals surface area contributed by atoms with E-state index in [1.54, 1.807) is 6.08 Å². The lowest BCUT2D eigenvalue weighted by atomic mass is 10.0. The average Bonchev–Trinajstić information content (AvgIpc) is 3.44. The Balaban J connectivity index is 3.41. The minimum atomic E-state index is -0.846. The van der Waals surface area contributed by atoms with Gasteiger partial charge in [-0.15, -0.1) is 0 Å². The van der Waals surface area contributed by atoms with E-state index >= 15 is 0 Å². The SMILES string of the molecule is CCCCC/C=C\CCCCCCCC(=O)OCCCCCCCCCCCCCC/C=C\CCCCCCCCCCCCCCC(=O)NC(CO)C(O)/C=C/CCCCCCCCCCCCCCCCCCCCC. The number of amides is 1. The third-order valence-electron chi connectivity index (χ3n) is 16.4. The molecule has 0 heterocycles. The molecule has 6 heteroatoms. The van der Waals surface area contributed by atoms with Crippen molar-refractivity contribution in [2.45, 2.75) is 398 Å². The summed E-state index contributed by atoms with van der Waals surface area (Å²) in [6.07, 6.45) is 86.5. The van der Waals surface area contributed by atoms with Gasteiger partial charge in [-0.1, -0.05) is 326 Å². The first-order chi connectivity index (χ1) is 38.5. The van der Waals surface area contributed by atoms with Gasteiger partial charge in [0.05, 0.1) is 25.4 Å². The number of unbranched alkanes of at least 4 members (excludes halogenated alkanes) is 51. The monoisotopic (exact) mass is 1100 g/mol. The van der Waals surface area contributed by atoms with Crippen molar-refractivity contribution in [3.05, 3.63) is 36.5 Å². The van der Waals surface area contributed by atoms with Crippen LogP contribution in [0.5, 0.6) is 0 Å². The Morgan fingerprint density at radius 1 is 0.346 bits per heavy atom. The summed E-state index contributed by atoms with van der Waals surface area (Å²) in [5, 5.41) is 23.2. The summed E-state index contributed by atoms with van der Waals surface area (Å²) in [6.45, 7) is 4.91. The van der Waals surface area contributed by atoms with Crippen LogP contribution in [-0.2, 0) is 14.3 Å². The Morgan fingerprint density at radius 2 is 0.603 bits per heavy atom. The molecule has 0 fully saturated rings. The number of allylic oxidation sites excluding steroid dienone is 5. The number of carbonyl (C=O) groups is 2. The molecule has 3 N–H and O–H groups in total. The molecule has 0 spiro atoms.